The lowest BCUT2D eigenvalue weighted by molar-refractivity contribution is -0.384. The number of aliphatic imine (C=N–C) groups is 1. The first-order valence-electron chi connectivity index (χ1n) is 7.58. The number of methoxy groups -OCH3 is 1. The van der Waals surface area contributed by atoms with E-state index < -0.39 is 28.7 Å². The zero-order valence-electron chi connectivity index (χ0n) is 14.0. The highest BCUT2D eigenvalue weighted by Crippen LogP contribution is 2.39. The summed E-state index contributed by atoms with van der Waals surface area (Å²) in [6.45, 7) is 1.77. The first-order valence-corrected chi connectivity index (χ1v) is 7.58. The van der Waals surface area contributed by atoms with Crippen molar-refractivity contribution < 1.29 is 29.1 Å². The molecule has 0 saturated heterocycles. The number of esters is 1. The number of benzene rings is 1. The minimum Gasteiger partial charge on any atom is -0.481 e. The third kappa shape index (κ3) is 3.48. The van der Waals surface area contributed by atoms with E-state index in [0.717, 1.165) is 7.11 Å². The SMILES string of the molecule is CCOC1=NC(N)=C(C(=O)OC)C(c2cccc([N+](=O)[O-])c2)C1C(=O)O. The van der Waals surface area contributed by atoms with E-state index in [4.69, 9.17) is 15.2 Å². The third-order valence-electron chi connectivity index (χ3n) is 3.82. The van der Waals surface area contributed by atoms with Crippen LogP contribution >= 0.6 is 0 Å². The predicted molar refractivity (Wildman–Crippen MR) is 89.3 cm³/mol. The number of carboxylic acids is 1. The van der Waals surface area contributed by atoms with Crippen LogP contribution < -0.4 is 5.73 Å². The summed E-state index contributed by atoms with van der Waals surface area (Å²) in [5.41, 5.74) is 5.61. The van der Waals surface area contributed by atoms with Gasteiger partial charge in [0.1, 0.15) is 11.7 Å². The molecule has 0 aliphatic carbocycles. The van der Waals surface area contributed by atoms with Crippen molar-refractivity contribution in [3.8, 4) is 0 Å². The van der Waals surface area contributed by atoms with Gasteiger partial charge in [-0.3, -0.25) is 14.9 Å². The molecule has 0 spiro atoms. The number of hydrogen-bond acceptors (Lipinski definition) is 8. The fourth-order valence-corrected chi connectivity index (χ4v) is 2.77. The van der Waals surface area contributed by atoms with Crippen LogP contribution in [0.3, 0.4) is 0 Å². The fourth-order valence-electron chi connectivity index (χ4n) is 2.77. The summed E-state index contributed by atoms with van der Waals surface area (Å²) in [5, 5.41) is 20.8. The minimum atomic E-state index is -1.39. The second-order valence-electron chi connectivity index (χ2n) is 5.32. The van der Waals surface area contributed by atoms with Crippen LogP contribution in [-0.4, -0.2) is 41.6 Å². The second kappa shape index (κ2) is 7.64. The van der Waals surface area contributed by atoms with Crippen LogP contribution in [0.25, 0.3) is 0 Å². The number of carbonyl (C=O) groups excluding carboxylic acids is 1. The van der Waals surface area contributed by atoms with Crippen LogP contribution in [0.5, 0.6) is 0 Å². The van der Waals surface area contributed by atoms with Gasteiger partial charge in [0.25, 0.3) is 5.69 Å². The summed E-state index contributed by atoms with van der Waals surface area (Å²) in [7, 11) is 1.12. The Morgan fingerprint density at radius 3 is 2.65 bits per heavy atom. The van der Waals surface area contributed by atoms with Crippen LogP contribution in [0.15, 0.2) is 40.7 Å². The molecule has 2 atom stereocenters. The van der Waals surface area contributed by atoms with E-state index >= 15 is 0 Å². The van der Waals surface area contributed by atoms with Crippen molar-refractivity contribution in [2.24, 2.45) is 16.6 Å². The molecule has 0 saturated carbocycles. The van der Waals surface area contributed by atoms with Crippen LogP contribution in [0.4, 0.5) is 5.69 Å². The molecule has 1 heterocycles. The highest BCUT2D eigenvalue weighted by molar-refractivity contribution is 6.04. The Hall–Kier alpha value is -3.43. The van der Waals surface area contributed by atoms with E-state index in [1.54, 1.807) is 6.92 Å². The lowest BCUT2D eigenvalue weighted by atomic mass is 9.78. The number of nitro benzene ring substituents is 1. The number of ether oxygens (including phenoxy) is 2. The van der Waals surface area contributed by atoms with Crippen molar-refractivity contribution >= 4 is 23.5 Å². The van der Waals surface area contributed by atoms with Crippen molar-refractivity contribution in [3.63, 3.8) is 0 Å². The third-order valence-corrected chi connectivity index (χ3v) is 3.82. The van der Waals surface area contributed by atoms with E-state index in [0.29, 0.717) is 0 Å². The number of non-ortho nitro benzene ring substituents is 1. The van der Waals surface area contributed by atoms with Gasteiger partial charge >= 0.3 is 11.9 Å². The lowest BCUT2D eigenvalue weighted by Gasteiger charge is -2.30. The number of nitrogens with zero attached hydrogens (tertiary/aromatic N) is 2. The van der Waals surface area contributed by atoms with Gasteiger partial charge in [-0.05, 0) is 12.5 Å². The second-order valence-corrected chi connectivity index (χ2v) is 5.32. The molecule has 0 amide bonds. The largest absolute Gasteiger partial charge is 0.481 e. The summed E-state index contributed by atoms with van der Waals surface area (Å²) in [6, 6.07) is 5.30. The number of aliphatic carboxylic acids is 1. The number of carboxylic acid groups (broad SMARTS) is 1. The van der Waals surface area contributed by atoms with Gasteiger partial charge < -0.3 is 20.3 Å². The summed E-state index contributed by atoms with van der Waals surface area (Å²) >= 11 is 0. The zero-order chi connectivity index (χ0) is 19.4. The van der Waals surface area contributed by atoms with E-state index in [2.05, 4.69) is 4.99 Å². The molecule has 138 valence electrons. The smallest absolute Gasteiger partial charge is 0.338 e. The Morgan fingerprint density at radius 1 is 1.42 bits per heavy atom. The van der Waals surface area contributed by atoms with Gasteiger partial charge in [0, 0.05) is 18.1 Å². The van der Waals surface area contributed by atoms with Crippen molar-refractivity contribution in [2.75, 3.05) is 13.7 Å². The Kier molecular flexibility index (Phi) is 5.55. The molecule has 2 rings (SSSR count). The molecule has 0 bridgehead atoms. The van der Waals surface area contributed by atoms with Crippen LogP contribution in [0.2, 0.25) is 0 Å². The maximum absolute atomic E-state index is 12.2. The van der Waals surface area contributed by atoms with Gasteiger partial charge in [-0.1, -0.05) is 12.1 Å². The number of hydrogen-bond donors (Lipinski definition) is 2. The molecule has 10 heteroatoms. The number of nitro groups is 1. The molecule has 0 radical (unpaired) electrons. The van der Waals surface area contributed by atoms with Crippen molar-refractivity contribution in [2.45, 2.75) is 12.8 Å². The minimum absolute atomic E-state index is 0.130. The Bertz CT molecular complexity index is 816. The first-order chi connectivity index (χ1) is 12.3. The molecule has 2 unspecified atom stereocenters. The summed E-state index contributed by atoms with van der Waals surface area (Å²) in [6.07, 6.45) is 0. The van der Waals surface area contributed by atoms with Gasteiger partial charge in [-0.15, -0.1) is 0 Å². The highest BCUT2D eigenvalue weighted by atomic mass is 16.6. The summed E-state index contributed by atoms with van der Waals surface area (Å²) in [4.78, 5) is 38.5. The summed E-state index contributed by atoms with van der Waals surface area (Å²) in [5.74, 6) is -5.17. The molecule has 0 fully saturated rings. The molecule has 1 aliphatic rings. The standard InChI is InChI=1S/C16H17N3O7/c1-3-26-14-12(15(20)21)10(11(13(17)18-14)16(22)25-2)8-5-4-6-9(7-8)19(23)24/h4-7,10,12H,3,17H2,1-2H3,(H,20,21). The molecule has 1 aromatic carbocycles. The molecule has 0 aromatic heterocycles. The van der Waals surface area contributed by atoms with Gasteiger partial charge in [0.2, 0.25) is 5.90 Å². The quantitative estimate of drug-likeness (QED) is 0.449. The van der Waals surface area contributed by atoms with Gasteiger partial charge in [0.15, 0.2) is 0 Å². The summed E-state index contributed by atoms with van der Waals surface area (Å²) < 4.78 is 9.99. The Morgan fingerprint density at radius 2 is 2.12 bits per heavy atom. The van der Waals surface area contributed by atoms with E-state index in [-0.39, 0.29) is 35.1 Å². The first kappa shape index (κ1) is 18.9. The van der Waals surface area contributed by atoms with Crippen molar-refractivity contribution in [1.29, 1.82) is 0 Å². The van der Waals surface area contributed by atoms with E-state index in [9.17, 15) is 24.8 Å². The molecular formula is C16H17N3O7. The highest BCUT2D eigenvalue weighted by Gasteiger charge is 2.45. The molecular weight excluding hydrogens is 346 g/mol. The number of nitrogens with two attached hydrogens (primary N) is 1. The maximum atomic E-state index is 12.2. The Labute approximate surface area is 148 Å². The molecule has 3 N–H and O–H groups in total. The van der Waals surface area contributed by atoms with Crippen LogP contribution in [0.1, 0.15) is 18.4 Å². The number of rotatable bonds is 5. The average molecular weight is 363 g/mol. The van der Waals surface area contributed by atoms with Crippen molar-refractivity contribution in [3.05, 3.63) is 51.3 Å². The average Bonchev–Trinajstić information content (AvgIpc) is 2.60. The lowest BCUT2D eigenvalue weighted by Crippen LogP contribution is -2.39. The van der Waals surface area contributed by atoms with Crippen LogP contribution in [-0.2, 0) is 19.1 Å². The van der Waals surface area contributed by atoms with Gasteiger partial charge in [-0.25, -0.2) is 4.79 Å². The fraction of sp³-hybridized carbons (Fsp3) is 0.312. The molecule has 1 aliphatic heterocycles. The topological polar surface area (TPSA) is 154 Å². The monoisotopic (exact) mass is 363 g/mol. The van der Waals surface area contributed by atoms with E-state index in [1.807, 2.05) is 0 Å². The molecule has 26 heavy (non-hydrogen) atoms. The molecule has 10 nitrogen and oxygen atoms in total. The normalized spacial score (nSPS) is 19.5. The van der Waals surface area contributed by atoms with Crippen molar-refractivity contribution in [1.82, 2.24) is 0 Å². The predicted octanol–water partition coefficient (Wildman–Crippen LogP) is 1.17. The zero-order valence-corrected chi connectivity index (χ0v) is 14.0. The Balaban J connectivity index is 2.72. The maximum Gasteiger partial charge on any atom is 0.338 e. The molecule has 1 aromatic rings. The van der Waals surface area contributed by atoms with E-state index in [1.165, 1.54) is 24.3 Å². The number of carbonyl (C=O) groups is 2. The van der Waals surface area contributed by atoms with Gasteiger partial charge in [-0.2, -0.15) is 4.99 Å². The van der Waals surface area contributed by atoms with Gasteiger partial charge in [0.05, 0.1) is 24.2 Å². The van der Waals surface area contributed by atoms with Crippen LogP contribution in [0, 0.1) is 16.0 Å².